The molecule has 0 bridgehead atoms. The first-order chi connectivity index (χ1) is 3.75. The fraction of sp³-hybridized carbons (Fsp3) is 1.00. The van der Waals surface area contributed by atoms with Gasteiger partial charge in [-0.1, -0.05) is 0 Å². The van der Waals surface area contributed by atoms with Crippen molar-refractivity contribution < 1.29 is 9.84 Å². The van der Waals surface area contributed by atoms with E-state index in [-0.39, 0.29) is 17.6 Å². The SMILES string of the molecule is CO[C@@H]1[C@@H](O)C[C@@H]1Cl. The van der Waals surface area contributed by atoms with Gasteiger partial charge in [-0.2, -0.15) is 0 Å². The minimum Gasteiger partial charge on any atom is -0.390 e. The minimum absolute atomic E-state index is 0.0231. The topological polar surface area (TPSA) is 29.5 Å². The molecule has 1 N–H and O–H groups in total. The van der Waals surface area contributed by atoms with Gasteiger partial charge in [0.1, 0.15) is 0 Å². The molecule has 0 amide bonds. The van der Waals surface area contributed by atoms with E-state index in [0.29, 0.717) is 6.42 Å². The van der Waals surface area contributed by atoms with Gasteiger partial charge in [0.05, 0.1) is 17.6 Å². The van der Waals surface area contributed by atoms with Gasteiger partial charge in [0.2, 0.25) is 0 Å². The molecule has 0 unspecified atom stereocenters. The number of halogens is 1. The summed E-state index contributed by atoms with van der Waals surface area (Å²) in [7, 11) is 1.56. The number of aliphatic hydroxyl groups excluding tert-OH is 1. The fourth-order valence-corrected chi connectivity index (χ4v) is 1.30. The van der Waals surface area contributed by atoms with Crippen LogP contribution in [0.2, 0.25) is 0 Å². The number of hydrogen-bond acceptors (Lipinski definition) is 2. The smallest absolute Gasteiger partial charge is 0.0994 e. The Kier molecular flexibility index (Phi) is 1.75. The molecule has 0 aromatic carbocycles. The van der Waals surface area contributed by atoms with Crippen molar-refractivity contribution in [3.63, 3.8) is 0 Å². The first kappa shape index (κ1) is 6.33. The molecule has 0 radical (unpaired) electrons. The number of ether oxygens (including phenoxy) is 1. The van der Waals surface area contributed by atoms with Crippen LogP contribution < -0.4 is 0 Å². The van der Waals surface area contributed by atoms with Crippen LogP contribution in [-0.4, -0.2) is 29.8 Å². The predicted octanol–water partition coefficient (Wildman–Crippen LogP) is 0.373. The van der Waals surface area contributed by atoms with Crippen LogP contribution in [0, 0.1) is 0 Å². The van der Waals surface area contributed by atoms with E-state index >= 15 is 0 Å². The lowest BCUT2D eigenvalue weighted by atomic mass is 9.91. The van der Waals surface area contributed by atoms with Crippen molar-refractivity contribution in [2.75, 3.05) is 7.11 Å². The van der Waals surface area contributed by atoms with Crippen LogP contribution >= 0.6 is 11.6 Å². The van der Waals surface area contributed by atoms with Crippen LogP contribution in [-0.2, 0) is 4.74 Å². The van der Waals surface area contributed by atoms with Crippen LogP contribution in [0.15, 0.2) is 0 Å². The Morgan fingerprint density at radius 2 is 2.38 bits per heavy atom. The highest BCUT2D eigenvalue weighted by atomic mass is 35.5. The maximum atomic E-state index is 8.87. The van der Waals surface area contributed by atoms with Gasteiger partial charge in [-0.15, -0.1) is 11.6 Å². The first-order valence-corrected chi connectivity index (χ1v) is 3.04. The Morgan fingerprint density at radius 3 is 2.50 bits per heavy atom. The molecule has 0 aliphatic heterocycles. The van der Waals surface area contributed by atoms with E-state index in [4.69, 9.17) is 21.4 Å². The third-order valence-electron chi connectivity index (χ3n) is 1.47. The van der Waals surface area contributed by atoms with Crippen molar-refractivity contribution in [3.8, 4) is 0 Å². The number of methoxy groups -OCH3 is 1. The summed E-state index contributed by atoms with van der Waals surface area (Å²) in [5, 5.41) is 8.89. The number of hydrogen-bond donors (Lipinski definition) is 1. The lowest BCUT2D eigenvalue weighted by molar-refractivity contribution is -0.0719. The first-order valence-electron chi connectivity index (χ1n) is 2.60. The highest BCUT2D eigenvalue weighted by Gasteiger charge is 2.38. The molecular weight excluding hydrogens is 128 g/mol. The van der Waals surface area contributed by atoms with Crippen molar-refractivity contribution in [1.82, 2.24) is 0 Å². The maximum Gasteiger partial charge on any atom is 0.0994 e. The Hall–Kier alpha value is 0.210. The van der Waals surface area contributed by atoms with E-state index in [0.717, 1.165) is 0 Å². The molecule has 0 heterocycles. The van der Waals surface area contributed by atoms with Gasteiger partial charge >= 0.3 is 0 Å². The zero-order valence-electron chi connectivity index (χ0n) is 4.67. The van der Waals surface area contributed by atoms with Crippen LogP contribution in [0.3, 0.4) is 0 Å². The van der Waals surface area contributed by atoms with Crippen LogP contribution in [0.25, 0.3) is 0 Å². The van der Waals surface area contributed by atoms with Crippen LogP contribution in [0.4, 0.5) is 0 Å². The van der Waals surface area contributed by atoms with E-state index in [1.807, 2.05) is 0 Å². The number of rotatable bonds is 1. The number of alkyl halides is 1. The largest absolute Gasteiger partial charge is 0.390 e. The average Bonchev–Trinajstić information content (AvgIpc) is 1.67. The lowest BCUT2D eigenvalue weighted by Crippen LogP contribution is -2.48. The van der Waals surface area contributed by atoms with Crippen molar-refractivity contribution in [2.24, 2.45) is 0 Å². The quantitative estimate of drug-likeness (QED) is 0.528. The standard InChI is InChI=1S/C5H9ClO2/c1-8-5-3(6)2-4(5)7/h3-5,7H,2H2,1H3/t3-,4-,5-/m0/s1. The van der Waals surface area contributed by atoms with Crippen molar-refractivity contribution in [1.29, 1.82) is 0 Å². The van der Waals surface area contributed by atoms with E-state index in [2.05, 4.69) is 0 Å². The van der Waals surface area contributed by atoms with E-state index in [9.17, 15) is 0 Å². The second-order valence-corrected chi connectivity index (χ2v) is 2.58. The van der Waals surface area contributed by atoms with Crippen molar-refractivity contribution >= 4 is 11.6 Å². The van der Waals surface area contributed by atoms with Gasteiger partial charge in [-0.25, -0.2) is 0 Å². The lowest BCUT2D eigenvalue weighted by Gasteiger charge is -2.36. The van der Waals surface area contributed by atoms with Crippen molar-refractivity contribution in [2.45, 2.75) is 24.0 Å². The highest BCUT2D eigenvalue weighted by Crippen LogP contribution is 2.28. The molecule has 3 atom stereocenters. The van der Waals surface area contributed by atoms with Gasteiger partial charge in [-0.05, 0) is 6.42 Å². The summed E-state index contributed by atoms with van der Waals surface area (Å²) in [6.07, 6.45) is 0.208. The van der Waals surface area contributed by atoms with E-state index < -0.39 is 0 Å². The zero-order chi connectivity index (χ0) is 6.15. The van der Waals surface area contributed by atoms with E-state index in [1.54, 1.807) is 7.11 Å². The Morgan fingerprint density at radius 1 is 1.75 bits per heavy atom. The van der Waals surface area contributed by atoms with Crippen LogP contribution in [0.5, 0.6) is 0 Å². The summed E-state index contributed by atoms with van der Waals surface area (Å²) in [4.78, 5) is 0. The summed E-state index contributed by atoms with van der Waals surface area (Å²) in [6, 6.07) is 0. The second kappa shape index (κ2) is 2.21. The van der Waals surface area contributed by atoms with Gasteiger partial charge < -0.3 is 9.84 Å². The molecule has 0 saturated heterocycles. The molecule has 2 nitrogen and oxygen atoms in total. The third-order valence-corrected chi connectivity index (χ3v) is 1.90. The Labute approximate surface area is 53.4 Å². The molecule has 1 fully saturated rings. The average molecular weight is 137 g/mol. The van der Waals surface area contributed by atoms with Crippen molar-refractivity contribution in [3.05, 3.63) is 0 Å². The van der Waals surface area contributed by atoms with E-state index in [1.165, 1.54) is 0 Å². The summed E-state index contributed by atoms with van der Waals surface area (Å²) < 4.78 is 4.83. The van der Waals surface area contributed by atoms with Gasteiger partial charge in [0.25, 0.3) is 0 Å². The summed E-state index contributed by atoms with van der Waals surface area (Å²) >= 11 is 5.63. The second-order valence-electron chi connectivity index (χ2n) is 2.02. The molecule has 1 rings (SSSR count). The molecule has 48 valence electrons. The summed E-state index contributed by atoms with van der Waals surface area (Å²) in [5.74, 6) is 0. The minimum atomic E-state index is -0.331. The summed E-state index contributed by atoms with van der Waals surface area (Å²) in [5.41, 5.74) is 0. The predicted molar refractivity (Wildman–Crippen MR) is 31.1 cm³/mol. The molecule has 0 spiro atoms. The molecule has 0 aromatic heterocycles. The van der Waals surface area contributed by atoms with Gasteiger partial charge in [0, 0.05) is 7.11 Å². The van der Waals surface area contributed by atoms with Crippen LogP contribution in [0.1, 0.15) is 6.42 Å². The Bertz CT molecular complexity index is 78.5. The molecular formula is C5H9ClO2. The molecule has 1 saturated carbocycles. The monoisotopic (exact) mass is 136 g/mol. The molecule has 0 aromatic rings. The molecule has 1 aliphatic carbocycles. The Balaban J connectivity index is 2.29. The molecule has 8 heavy (non-hydrogen) atoms. The highest BCUT2D eigenvalue weighted by molar-refractivity contribution is 6.21. The molecule has 3 heteroatoms. The fourth-order valence-electron chi connectivity index (χ4n) is 0.849. The zero-order valence-corrected chi connectivity index (χ0v) is 5.43. The van der Waals surface area contributed by atoms with Gasteiger partial charge in [-0.3, -0.25) is 0 Å². The maximum absolute atomic E-state index is 8.87. The summed E-state index contributed by atoms with van der Waals surface area (Å²) in [6.45, 7) is 0. The normalized spacial score (nSPS) is 46.1. The molecule has 1 aliphatic rings. The third kappa shape index (κ3) is 0.835. The number of aliphatic hydroxyl groups is 1. The van der Waals surface area contributed by atoms with Gasteiger partial charge in [0.15, 0.2) is 0 Å².